The molecule has 1 aliphatic rings. The zero-order chi connectivity index (χ0) is 17.8. The number of carbonyl (C=O) groups is 2. The van der Waals surface area contributed by atoms with Crippen LogP contribution in [-0.2, 0) is 6.42 Å². The van der Waals surface area contributed by atoms with E-state index in [2.05, 4.69) is 4.98 Å². The van der Waals surface area contributed by atoms with Crippen molar-refractivity contribution in [2.75, 3.05) is 26.2 Å². The second kappa shape index (κ2) is 7.46. The molecule has 0 aliphatic carbocycles. The van der Waals surface area contributed by atoms with Gasteiger partial charge < -0.3 is 14.2 Å². The maximum absolute atomic E-state index is 13.0. The molecule has 0 unspecified atom stereocenters. The zero-order valence-corrected chi connectivity index (χ0v) is 14.1. The number of amides is 2. The summed E-state index contributed by atoms with van der Waals surface area (Å²) in [5.74, 6) is -0.108. The Morgan fingerprint density at radius 2 is 1.72 bits per heavy atom. The molecule has 0 spiro atoms. The minimum absolute atomic E-state index is 0.148. The monoisotopic (exact) mass is 345 g/mol. The molecule has 1 fully saturated rings. The number of carbonyl (C=O) groups excluding carboxylic acids is 2. The third-order valence-electron chi connectivity index (χ3n) is 4.33. The molecule has 2 amide bonds. The summed E-state index contributed by atoms with van der Waals surface area (Å²) in [5, 5.41) is 0. The number of benzene rings is 1. The molecule has 6 nitrogen and oxygen atoms in total. The van der Waals surface area contributed by atoms with Gasteiger partial charge in [0.05, 0.1) is 0 Å². The highest BCUT2D eigenvalue weighted by Gasteiger charge is 2.26. The van der Waals surface area contributed by atoms with Crippen LogP contribution in [0.4, 0.5) is 4.39 Å². The van der Waals surface area contributed by atoms with Gasteiger partial charge >= 0.3 is 0 Å². The van der Waals surface area contributed by atoms with E-state index in [1.807, 2.05) is 6.92 Å². The normalized spacial score (nSPS) is 15.1. The van der Waals surface area contributed by atoms with E-state index in [0.29, 0.717) is 56.0 Å². The lowest BCUT2D eigenvalue weighted by Gasteiger charge is -2.22. The average molecular weight is 345 g/mol. The van der Waals surface area contributed by atoms with Crippen molar-refractivity contribution in [1.29, 1.82) is 0 Å². The summed E-state index contributed by atoms with van der Waals surface area (Å²) in [4.78, 5) is 32.6. The first kappa shape index (κ1) is 17.1. The van der Waals surface area contributed by atoms with Gasteiger partial charge in [0, 0.05) is 38.2 Å². The predicted octanol–water partition coefficient (Wildman–Crippen LogP) is 2.36. The predicted molar refractivity (Wildman–Crippen MR) is 88.7 cm³/mol. The lowest BCUT2D eigenvalue weighted by Crippen LogP contribution is -2.37. The van der Waals surface area contributed by atoms with Gasteiger partial charge in [-0.05, 0) is 30.7 Å². The molecule has 3 rings (SSSR count). The second-order valence-electron chi connectivity index (χ2n) is 5.92. The largest absolute Gasteiger partial charge is 0.448 e. The van der Waals surface area contributed by atoms with Gasteiger partial charge in [-0.3, -0.25) is 9.59 Å². The van der Waals surface area contributed by atoms with E-state index in [9.17, 15) is 14.0 Å². The Kier molecular flexibility index (Phi) is 5.11. The van der Waals surface area contributed by atoms with Gasteiger partial charge in [-0.15, -0.1) is 0 Å². The molecular formula is C18H20FN3O3. The van der Waals surface area contributed by atoms with Crippen LogP contribution in [-0.4, -0.2) is 52.8 Å². The van der Waals surface area contributed by atoms with Crippen molar-refractivity contribution in [2.24, 2.45) is 0 Å². The summed E-state index contributed by atoms with van der Waals surface area (Å²) < 4.78 is 18.2. The minimum atomic E-state index is -0.372. The van der Waals surface area contributed by atoms with E-state index in [1.165, 1.54) is 30.7 Å². The number of halogens is 1. The molecule has 0 saturated carbocycles. The van der Waals surface area contributed by atoms with Crippen LogP contribution in [0.2, 0.25) is 0 Å². The average Bonchev–Trinajstić information content (AvgIpc) is 2.97. The summed E-state index contributed by atoms with van der Waals surface area (Å²) in [7, 11) is 0. The number of nitrogens with zero attached hydrogens (tertiary/aromatic N) is 3. The molecule has 1 saturated heterocycles. The number of rotatable bonds is 3. The van der Waals surface area contributed by atoms with Crippen molar-refractivity contribution in [2.45, 2.75) is 19.8 Å². The van der Waals surface area contributed by atoms with Crippen LogP contribution in [0.25, 0.3) is 0 Å². The third-order valence-corrected chi connectivity index (χ3v) is 4.33. The topological polar surface area (TPSA) is 66.7 Å². The molecule has 2 aromatic rings. The number of hydrogen-bond donors (Lipinski definition) is 0. The Labute approximate surface area is 145 Å². The maximum Gasteiger partial charge on any atom is 0.276 e. The Bertz CT molecular complexity index is 757. The number of oxazole rings is 1. The fourth-order valence-corrected chi connectivity index (χ4v) is 2.94. The van der Waals surface area contributed by atoms with Gasteiger partial charge in [-0.2, -0.15) is 0 Å². The van der Waals surface area contributed by atoms with E-state index in [0.717, 1.165) is 0 Å². The molecule has 7 heteroatoms. The van der Waals surface area contributed by atoms with Gasteiger partial charge in [0.15, 0.2) is 12.1 Å². The van der Waals surface area contributed by atoms with Gasteiger partial charge in [0.25, 0.3) is 11.8 Å². The number of aromatic nitrogens is 1. The van der Waals surface area contributed by atoms with Crippen LogP contribution in [0, 0.1) is 5.82 Å². The fraction of sp³-hybridized carbons (Fsp3) is 0.389. The molecule has 0 radical (unpaired) electrons. The molecule has 0 atom stereocenters. The van der Waals surface area contributed by atoms with Crippen LogP contribution in [0.3, 0.4) is 0 Å². The van der Waals surface area contributed by atoms with E-state index < -0.39 is 0 Å². The molecule has 0 bridgehead atoms. The molecule has 0 N–H and O–H groups in total. The van der Waals surface area contributed by atoms with Gasteiger partial charge in [-0.1, -0.05) is 6.92 Å². The van der Waals surface area contributed by atoms with Crippen LogP contribution in [0.15, 0.2) is 35.1 Å². The lowest BCUT2D eigenvalue weighted by molar-refractivity contribution is 0.0714. The quantitative estimate of drug-likeness (QED) is 0.856. The summed E-state index contributed by atoms with van der Waals surface area (Å²) in [5.41, 5.74) is 0.798. The first-order valence-electron chi connectivity index (χ1n) is 8.36. The Hall–Kier alpha value is -2.70. The fourth-order valence-electron chi connectivity index (χ4n) is 2.94. The smallest absolute Gasteiger partial charge is 0.276 e. The van der Waals surface area contributed by atoms with Crippen molar-refractivity contribution < 1.29 is 18.4 Å². The van der Waals surface area contributed by atoms with Crippen molar-refractivity contribution in [3.63, 3.8) is 0 Å². The molecule has 1 aromatic carbocycles. The number of hydrogen-bond acceptors (Lipinski definition) is 4. The lowest BCUT2D eigenvalue weighted by atomic mass is 10.2. The molecule has 1 aromatic heterocycles. The molecular weight excluding hydrogens is 325 g/mol. The van der Waals surface area contributed by atoms with Gasteiger partial charge in [0.2, 0.25) is 0 Å². The third kappa shape index (κ3) is 3.70. The summed E-state index contributed by atoms with van der Waals surface area (Å²) in [6, 6.07) is 5.51. The first-order chi connectivity index (χ1) is 12.1. The zero-order valence-electron chi connectivity index (χ0n) is 14.1. The molecule has 1 aliphatic heterocycles. The summed E-state index contributed by atoms with van der Waals surface area (Å²) >= 11 is 0. The maximum atomic E-state index is 13.0. The van der Waals surface area contributed by atoms with E-state index >= 15 is 0 Å². The van der Waals surface area contributed by atoms with E-state index in [-0.39, 0.29) is 17.6 Å². The molecule has 2 heterocycles. The Balaban J connectivity index is 1.67. The highest BCUT2D eigenvalue weighted by molar-refractivity contribution is 5.95. The highest BCUT2D eigenvalue weighted by Crippen LogP contribution is 2.14. The van der Waals surface area contributed by atoms with E-state index in [4.69, 9.17) is 4.42 Å². The van der Waals surface area contributed by atoms with Crippen LogP contribution >= 0.6 is 0 Å². The van der Waals surface area contributed by atoms with Crippen LogP contribution in [0.5, 0.6) is 0 Å². The number of aryl methyl sites for hydroxylation is 1. The van der Waals surface area contributed by atoms with Crippen LogP contribution < -0.4 is 0 Å². The summed E-state index contributed by atoms with van der Waals surface area (Å²) in [6.07, 6.45) is 2.57. The first-order valence-corrected chi connectivity index (χ1v) is 8.36. The van der Waals surface area contributed by atoms with E-state index in [1.54, 1.807) is 9.80 Å². The van der Waals surface area contributed by atoms with Crippen molar-refractivity contribution in [3.05, 3.63) is 53.5 Å². The van der Waals surface area contributed by atoms with Crippen molar-refractivity contribution in [1.82, 2.24) is 14.8 Å². The molecule has 132 valence electrons. The minimum Gasteiger partial charge on any atom is -0.448 e. The molecule has 25 heavy (non-hydrogen) atoms. The van der Waals surface area contributed by atoms with Gasteiger partial charge in [0.1, 0.15) is 11.6 Å². The van der Waals surface area contributed by atoms with Crippen LogP contribution in [0.1, 0.15) is 40.0 Å². The second-order valence-corrected chi connectivity index (χ2v) is 5.92. The highest BCUT2D eigenvalue weighted by atomic mass is 19.1. The van der Waals surface area contributed by atoms with Crippen molar-refractivity contribution in [3.8, 4) is 0 Å². The Morgan fingerprint density at radius 3 is 2.36 bits per heavy atom. The standard InChI is InChI=1S/C18H20FN3O3/c1-2-15-16(20-12-25-15)18(24)22-9-3-8-21(10-11-22)17(23)13-4-6-14(19)7-5-13/h4-7,12H,2-3,8-11H2,1H3. The van der Waals surface area contributed by atoms with Crippen molar-refractivity contribution >= 4 is 11.8 Å². The SMILES string of the molecule is CCc1ocnc1C(=O)N1CCCN(C(=O)c2ccc(F)cc2)CC1. The van der Waals surface area contributed by atoms with Gasteiger partial charge in [-0.25, -0.2) is 9.37 Å². The summed E-state index contributed by atoms with van der Waals surface area (Å²) in [6.45, 7) is 3.88. The Morgan fingerprint density at radius 1 is 1.08 bits per heavy atom.